The molecule has 0 saturated heterocycles. The van der Waals surface area contributed by atoms with Crippen molar-refractivity contribution in [3.05, 3.63) is 58.9 Å². The van der Waals surface area contributed by atoms with E-state index in [1.54, 1.807) is 0 Å². The summed E-state index contributed by atoms with van der Waals surface area (Å²) in [5.74, 6) is 0. The van der Waals surface area contributed by atoms with Crippen molar-refractivity contribution in [3.63, 3.8) is 0 Å². The van der Waals surface area contributed by atoms with Crippen LogP contribution in [-0.4, -0.2) is 19.9 Å². The number of aromatic nitrogens is 1. The highest BCUT2D eigenvalue weighted by atomic mass is 35.5. The van der Waals surface area contributed by atoms with Crippen molar-refractivity contribution in [2.75, 3.05) is 6.54 Å². The van der Waals surface area contributed by atoms with Crippen LogP contribution in [0.15, 0.2) is 47.5 Å². The molecule has 20 heavy (non-hydrogen) atoms. The summed E-state index contributed by atoms with van der Waals surface area (Å²) in [6, 6.07) is 10.7. The Labute approximate surface area is 123 Å². The van der Waals surface area contributed by atoms with Crippen LogP contribution in [-0.2, 0) is 16.4 Å². The van der Waals surface area contributed by atoms with E-state index in [9.17, 15) is 8.42 Å². The molecule has 0 aliphatic rings. The van der Waals surface area contributed by atoms with Crippen LogP contribution in [0.3, 0.4) is 0 Å². The molecule has 0 amide bonds. The summed E-state index contributed by atoms with van der Waals surface area (Å²) in [4.78, 5) is 3.89. The molecule has 106 valence electrons. The molecule has 0 spiro atoms. The van der Waals surface area contributed by atoms with Gasteiger partial charge in [0.2, 0.25) is 10.0 Å². The Bertz CT molecular complexity index is 702. The first-order valence-electron chi connectivity index (χ1n) is 6.14. The third-order valence-corrected chi connectivity index (χ3v) is 4.46. The van der Waals surface area contributed by atoms with Crippen molar-refractivity contribution in [3.8, 4) is 0 Å². The number of hydrogen-bond donors (Lipinski definition) is 1. The molecule has 0 aliphatic heterocycles. The minimum absolute atomic E-state index is 0.127. The van der Waals surface area contributed by atoms with E-state index in [0.29, 0.717) is 13.0 Å². The van der Waals surface area contributed by atoms with Crippen molar-refractivity contribution in [1.29, 1.82) is 0 Å². The van der Waals surface area contributed by atoms with Crippen LogP contribution in [0.2, 0.25) is 5.15 Å². The number of nitrogens with one attached hydrogen (secondary N) is 1. The van der Waals surface area contributed by atoms with Gasteiger partial charge in [0, 0.05) is 12.7 Å². The van der Waals surface area contributed by atoms with Gasteiger partial charge >= 0.3 is 0 Å². The normalized spacial score (nSPS) is 11.5. The molecule has 4 nitrogen and oxygen atoms in total. The molecule has 0 bridgehead atoms. The van der Waals surface area contributed by atoms with Gasteiger partial charge in [-0.25, -0.2) is 18.1 Å². The summed E-state index contributed by atoms with van der Waals surface area (Å²) in [5.41, 5.74) is 2.26. The lowest BCUT2D eigenvalue weighted by atomic mass is 10.1. The summed E-state index contributed by atoms with van der Waals surface area (Å²) in [6.07, 6.45) is 2.01. The molecule has 0 unspecified atom stereocenters. The van der Waals surface area contributed by atoms with E-state index in [1.807, 2.05) is 31.2 Å². The molecule has 2 aromatic rings. The Morgan fingerprint density at radius 3 is 2.75 bits per heavy atom. The zero-order valence-corrected chi connectivity index (χ0v) is 12.6. The molecule has 2 rings (SSSR count). The predicted molar refractivity (Wildman–Crippen MR) is 79.3 cm³/mol. The number of pyridine rings is 1. The SMILES string of the molecule is Cc1cccc(CCNS(=O)(=O)c2ccnc(Cl)c2)c1. The van der Waals surface area contributed by atoms with Crippen LogP contribution in [0.25, 0.3) is 0 Å². The van der Waals surface area contributed by atoms with Gasteiger partial charge in [-0.2, -0.15) is 0 Å². The standard InChI is InChI=1S/C14H15ClN2O2S/c1-11-3-2-4-12(9-11)5-8-17-20(18,19)13-6-7-16-14(15)10-13/h2-4,6-7,9-10,17H,5,8H2,1H3. The second-order valence-electron chi connectivity index (χ2n) is 4.45. The molecule has 1 aromatic carbocycles. The van der Waals surface area contributed by atoms with Gasteiger partial charge < -0.3 is 0 Å². The van der Waals surface area contributed by atoms with Crippen molar-refractivity contribution in [1.82, 2.24) is 9.71 Å². The summed E-state index contributed by atoms with van der Waals surface area (Å²) in [7, 11) is -3.54. The molecule has 1 N–H and O–H groups in total. The molecular formula is C14H15ClN2O2S. The van der Waals surface area contributed by atoms with Gasteiger partial charge in [0.25, 0.3) is 0 Å². The van der Waals surface area contributed by atoms with Crippen LogP contribution in [0, 0.1) is 6.92 Å². The number of sulfonamides is 1. The van der Waals surface area contributed by atoms with E-state index in [-0.39, 0.29) is 10.0 Å². The number of benzene rings is 1. The van der Waals surface area contributed by atoms with Gasteiger partial charge in [0.05, 0.1) is 4.90 Å². The summed E-state index contributed by atoms with van der Waals surface area (Å²) < 4.78 is 26.6. The monoisotopic (exact) mass is 310 g/mol. The summed E-state index contributed by atoms with van der Waals surface area (Å²) in [6.45, 7) is 2.35. The second-order valence-corrected chi connectivity index (χ2v) is 6.61. The first-order valence-corrected chi connectivity index (χ1v) is 8.00. The summed E-state index contributed by atoms with van der Waals surface area (Å²) in [5, 5.41) is 0.159. The Morgan fingerprint density at radius 1 is 1.25 bits per heavy atom. The quantitative estimate of drug-likeness (QED) is 0.863. The lowest BCUT2D eigenvalue weighted by Gasteiger charge is -2.07. The largest absolute Gasteiger partial charge is 0.244 e. The fourth-order valence-corrected chi connectivity index (χ4v) is 3.12. The van der Waals surface area contributed by atoms with Crippen LogP contribution < -0.4 is 4.72 Å². The third kappa shape index (κ3) is 4.03. The van der Waals surface area contributed by atoms with Crippen LogP contribution >= 0.6 is 11.6 Å². The minimum atomic E-state index is -3.54. The maximum absolute atomic E-state index is 12.0. The average molecular weight is 311 g/mol. The Balaban J connectivity index is 2.00. The van der Waals surface area contributed by atoms with E-state index in [2.05, 4.69) is 9.71 Å². The number of hydrogen-bond acceptors (Lipinski definition) is 3. The topological polar surface area (TPSA) is 59.1 Å². The molecule has 0 fully saturated rings. The van der Waals surface area contributed by atoms with Gasteiger partial charge in [0.15, 0.2) is 0 Å². The van der Waals surface area contributed by atoms with E-state index < -0.39 is 10.0 Å². The molecule has 0 atom stereocenters. The van der Waals surface area contributed by atoms with E-state index in [4.69, 9.17) is 11.6 Å². The second kappa shape index (κ2) is 6.35. The Kier molecular flexibility index (Phi) is 4.75. The summed E-state index contributed by atoms with van der Waals surface area (Å²) >= 11 is 5.69. The molecule has 0 saturated carbocycles. The van der Waals surface area contributed by atoms with Crippen LogP contribution in [0.4, 0.5) is 0 Å². The van der Waals surface area contributed by atoms with Gasteiger partial charge in [-0.15, -0.1) is 0 Å². The van der Waals surface area contributed by atoms with E-state index >= 15 is 0 Å². The smallest absolute Gasteiger partial charge is 0.240 e. The first-order chi connectivity index (χ1) is 9.47. The van der Waals surface area contributed by atoms with Crippen molar-refractivity contribution >= 4 is 21.6 Å². The highest BCUT2D eigenvalue weighted by Crippen LogP contribution is 2.12. The zero-order chi connectivity index (χ0) is 14.6. The first kappa shape index (κ1) is 15.0. The number of nitrogens with zero attached hydrogens (tertiary/aromatic N) is 1. The van der Waals surface area contributed by atoms with E-state index in [0.717, 1.165) is 11.1 Å². The maximum atomic E-state index is 12.0. The molecular weight excluding hydrogens is 296 g/mol. The lowest BCUT2D eigenvalue weighted by molar-refractivity contribution is 0.581. The van der Waals surface area contributed by atoms with Crippen LogP contribution in [0.5, 0.6) is 0 Å². The maximum Gasteiger partial charge on any atom is 0.240 e. The number of halogens is 1. The van der Waals surface area contributed by atoms with Crippen molar-refractivity contribution in [2.45, 2.75) is 18.2 Å². The molecule has 1 heterocycles. The van der Waals surface area contributed by atoms with Gasteiger partial charge in [-0.05, 0) is 31.0 Å². The van der Waals surface area contributed by atoms with Crippen molar-refractivity contribution in [2.24, 2.45) is 0 Å². The van der Waals surface area contributed by atoms with Crippen LogP contribution in [0.1, 0.15) is 11.1 Å². The zero-order valence-electron chi connectivity index (χ0n) is 11.0. The van der Waals surface area contributed by atoms with Gasteiger partial charge in [-0.3, -0.25) is 0 Å². The number of aryl methyl sites for hydroxylation is 1. The molecule has 0 radical (unpaired) electrons. The van der Waals surface area contributed by atoms with E-state index in [1.165, 1.54) is 18.3 Å². The Morgan fingerprint density at radius 2 is 2.05 bits per heavy atom. The van der Waals surface area contributed by atoms with Crippen molar-refractivity contribution < 1.29 is 8.42 Å². The predicted octanol–water partition coefficient (Wildman–Crippen LogP) is 2.56. The number of rotatable bonds is 5. The average Bonchev–Trinajstić information content (AvgIpc) is 2.38. The third-order valence-electron chi connectivity index (χ3n) is 2.80. The highest BCUT2D eigenvalue weighted by Gasteiger charge is 2.13. The lowest BCUT2D eigenvalue weighted by Crippen LogP contribution is -2.26. The Hall–Kier alpha value is -1.43. The molecule has 0 aliphatic carbocycles. The fraction of sp³-hybridized carbons (Fsp3) is 0.214. The molecule has 6 heteroatoms. The van der Waals surface area contributed by atoms with Gasteiger partial charge in [0.1, 0.15) is 5.15 Å². The molecule has 1 aromatic heterocycles. The minimum Gasteiger partial charge on any atom is -0.244 e. The van der Waals surface area contributed by atoms with Gasteiger partial charge in [-0.1, -0.05) is 41.4 Å². The highest BCUT2D eigenvalue weighted by molar-refractivity contribution is 7.89. The fourth-order valence-electron chi connectivity index (χ4n) is 1.83.